The van der Waals surface area contributed by atoms with Crippen molar-refractivity contribution in [3.05, 3.63) is 18.2 Å². The normalized spacial score (nSPS) is 12.0. The maximum atomic E-state index is 12.4. The molecule has 0 atom stereocenters. The molecule has 124 valence electrons. The van der Waals surface area contributed by atoms with Crippen LogP contribution in [0.2, 0.25) is 0 Å². The Morgan fingerprint density at radius 3 is 2.41 bits per heavy atom. The van der Waals surface area contributed by atoms with Crippen molar-refractivity contribution < 1.29 is 22.1 Å². The molecule has 1 amide bonds. The summed E-state index contributed by atoms with van der Waals surface area (Å²) in [5.74, 6) is 0.119. The van der Waals surface area contributed by atoms with E-state index in [1.807, 2.05) is 20.8 Å². The van der Waals surface area contributed by atoms with Gasteiger partial charge in [0.15, 0.2) is 0 Å². The molecule has 0 fully saturated rings. The second kappa shape index (κ2) is 7.11. The maximum absolute atomic E-state index is 12.4. The molecular weight excluding hydrogens is 306 g/mol. The fourth-order valence-electron chi connectivity index (χ4n) is 2.06. The zero-order valence-corrected chi connectivity index (χ0v) is 14.4. The van der Waals surface area contributed by atoms with E-state index in [-0.39, 0.29) is 16.5 Å². The number of benzene rings is 1. The second-order valence-corrected chi connectivity index (χ2v) is 7.25. The van der Waals surface area contributed by atoms with Crippen molar-refractivity contribution in [3.8, 4) is 5.75 Å². The average molecular weight is 329 g/mol. The van der Waals surface area contributed by atoms with Gasteiger partial charge in [-0.3, -0.25) is 8.98 Å². The molecule has 0 saturated carbocycles. The first kappa shape index (κ1) is 18.4. The third-order valence-electron chi connectivity index (χ3n) is 3.42. The molecule has 1 aromatic rings. The zero-order chi connectivity index (χ0) is 17.0. The van der Waals surface area contributed by atoms with Crippen LogP contribution in [0, 0.1) is 5.41 Å². The van der Waals surface area contributed by atoms with Gasteiger partial charge in [0.2, 0.25) is 5.91 Å². The first-order valence-corrected chi connectivity index (χ1v) is 8.39. The van der Waals surface area contributed by atoms with Crippen LogP contribution in [-0.4, -0.2) is 28.5 Å². The van der Waals surface area contributed by atoms with E-state index in [1.165, 1.54) is 19.2 Å². The molecule has 0 aliphatic rings. The van der Waals surface area contributed by atoms with Crippen molar-refractivity contribution in [2.24, 2.45) is 5.41 Å². The number of carbonyl (C=O) groups is 1. The van der Waals surface area contributed by atoms with Crippen molar-refractivity contribution in [2.45, 2.75) is 38.5 Å². The number of ether oxygens (including phenoxy) is 1. The molecule has 0 aliphatic carbocycles. The van der Waals surface area contributed by atoms with Gasteiger partial charge < -0.3 is 10.1 Å². The number of methoxy groups -OCH3 is 1. The molecular formula is C15H23NO5S. The minimum absolute atomic E-state index is 0.130. The van der Waals surface area contributed by atoms with Gasteiger partial charge in [0.05, 0.1) is 19.9 Å². The summed E-state index contributed by atoms with van der Waals surface area (Å²) < 4.78 is 33.6. The summed E-state index contributed by atoms with van der Waals surface area (Å²) in [6.45, 7) is 5.63. The highest BCUT2D eigenvalue weighted by molar-refractivity contribution is 7.87. The Labute approximate surface area is 131 Å². The van der Waals surface area contributed by atoms with E-state index >= 15 is 0 Å². The highest BCUT2D eigenvalue weighted by Gasteiger charge is 2.28. The van der Waals surface area contributed by atoms with Crippen LogP contribution in [0.15, 0.2) is 23.1 Å². The quantitative estimate of drug-likeness (QED) is 0.778. The van der Waals surface area contributed by atoms with E-state index < -0.39 is 15.5 Å². The Hall–Kier alpha value is -1.60. The maximum Gasteiger partial charge on any atom is 0.298 e. The summed E-state index contributed by atoms with van der Waals surface area (Å²) in [6.07, 6.45) is 1.55. The Balaban J connectivity index is 3.23. The van der Waals surface area contributed by atoms with Gasteiger partial charge in [-0.05, 0) is 18.6 Å². The fraction of sp³-hybridized carbons (Fsp3) is 0.533. The van der Waals surface area contributed by atoms with Gasteiger partial charge in [0, 0.05) is 11.5 Å². The largest absolute Gasteiger partial charge is 0.497 e. The third kappa shape index (κ3) is 4.20. The van der Waals surface area contributed by atoms with Crippen LogP contribution in [0.3, 0.4) is 0 Å². The van der Waals surface area contributed by atoms with Crippen LogP contribution in [0.1, 0.15) is 33.6 Å². The predicted octanol–water partition coefficient (Wildman–Crippen LogP) is 2.80. The van der Waals surface area contributed by atoms with Gasteiger partial charge in [0.1, 0.15) is 10.6 Å². The summed E-state index contributed by atoms with van der Waals surface area (Å²) in [7, 11) is -1.46. The van der Waals surface area contributed by atoms with Crippen LogP contribution in [0.25, 0.3) is 0 Å². The molecule has 1 N–H and O–H groups in total. The number of nitrogens with one attached hydrogen (secondary N) is 1. The fourth-order valence-corrected chi connectivity index (χ4v) is 2.89. The molecule has 0 unspecified atom stereocenters. The van der Waals surface area contributed by atoms with Crippen LogP contribution in [0.5, 0.6) is 5.75 Å². The van der Waals surface area contributed by atoms with Crippen LogP contribution in [0.4, 0.5) is 5.69 Å². The lowest BCUT2D eigenvalue weighted by Gasteiger charge is -2.23. The molecule has 7 heteroatoms. The first-order valence-electron chi connectivity index (χ1n) is 6.98. The van der Waals surface area contributed by atoms with E-state index in [1.54, 1.807) is 6.07 Å². The number of hydrogen-bond acceptors (Lipinski definition) is 5. The average Bonchev–Trinajstić information content (AvgIpc) is 2.47. The molecule has 22 heavy (non-hydrogen) atoms. The highest BCUT2D eigenvalue weighted by atomic mass is 32.2. The molecule has 6 nitrogen and oxygen atoms in total. The molecule has 0 radical (unpaired) electrons. The van der Waals surface area contributed by atoms with E-state index in [4.69, 9.17) is 4.74 Å². The van der Waals surface area contributed by atoms with Gasteiger partial charge in [-0.1, -0.05) is 27.2 Å². The minimum Gasteiger partial charge on any atom is -0.497 e. The van der Waals surface area contributed by atoms with E-state index in [0.717, 1.165) is 13.5 Å². The molecule has 0 saturated heterocycles. The molecule has 0 spiro atoms. The van der Waals surface area contributed by atoms with Gasteiger partial charge in [-0.25, -0.2) is 0 Å². The SMILES string of the molecule is CCCC(C)(C)C(=O)Nc1ccc(OC)cc1S(=O)(=O)OC. The lowest BCUT2D eigenvalue weighted by atomic mass is 9.87. The standard InChI is InChI=1S/C15H23NO5S/c1-6-9-15(2,3)14(17)16-12-8-7-11(20-4)10-13(12)22(18,19)21-5/h7-8,10H,6,9H2,1-5H3,(H,16,17). The van der Waals surface area contributed by atoms with Gasteiger partial charge in [-0.15, -0.1) is 0 Å². The number of hydrogen-bond donors (Lipinski definition) is 1. The molecule has 0 aliphatic heterocycles. The van der Waals surface area contributed by atoms with Crippen molar-refractivity contribution in [2.75, 3.05) is 19.5 Å². The topological polar surface area (TPSA) is 81.7 Å². The summed E-state index contributed by atoms with van der Waals surface area (Å²) in [5, 5.41) is 2.67. The molecule has 1 aromatic carbocycles. The number of carbonyl (C=O) groups excluding carboxylic acids is 1. The van der Waals surface area contributed by atoms with Gasteiger partial charge >= 0.3 is 0 Å². The highest BCUT2D eigenvalue weighted by Crippen LogP contribution is 2.30. The van der Waals surface area contributed by atoms with Crippen molar-refractivity contribution in [1.82, 2.24) is 0 Å². The monoisotopic (exact) mass is 329 g/mol. The van der Waals surface area contributed by atoms with E-state index in [0.29, 0.717) is 12.2 Å². The summed E-state index contributed by atoms with van der Waals surface area (Å²) in [5.41, 5.74) is -0.417. The van der Waals surface area contributed by atoms with Crippen molar-refractivity contribution >= 4 is 21.7 Å². The van der Waals surface area contributed by atoms with Crippen molar-refractivity contribution in [1.29, 1.82) is 0 Å². The molecule has 0 bridgehead atoms. The van der Waals surface area contributed by atoms with Crippen LogP contribution in [-0.2, 0) is 19.1 Å². The first-order chi connectivity index (χ1) is 10.2. The Kier molecular flexibility index (Phi) is 5.96. The van der Waals surface area contributed by atoms with E-state index in [9.17, 15) is 13.2 Å². The zero-order valence-electron chi connectivity index (χ0n) is 13.6. The summed E-state index contributed by atoms with van der Waals surface area (Å²) in [6, 6.07) is 4.39. The van der Waals surface area contributed by atoms with Crippen LogP contribution < -0.4 is 10.1 Å². The summed E-state index contributed by atoms with van der Waals surface area (Å²) >= 11 is 0. The number of amides is 1. The Morgan fingerprint density at radius 2 is 1.91 bits per heavy atom. The second-order valence-electron chi connectivity index (χ2n) is 5.57. The smallest absolute Gasteiger partial charge is 0.298 e. The lowest BCUT2D eigenvalue weighted by Crippen LogP contribution is -2.31. The van der Waals surface area contributed by atoms with Gasteiger partial charge in [0.25, 0.3) is 10.1 Å². The van der Waals surface area contributed by atoms with Gasteiger partial charge in [-0.2, -0.15) is 8.42 Å². The lowest BCUT2D eigenvalue weighted by molar-refractivity contribution is -0.124. The minimum atomic E-state index is -3.96. The predicted molar refractivity (Wildman–Crippen MR) is 84.5 cm³/mol. The Bertz CT molecular complexity index is 637. The summed E-state index contributed by atoms with van der Waals surface area (Å²) in [4.78, 5) is 12.2. The van der Waals surface area contributed by atoms with Crippen LogP contribution >= 0.6 is 0 Å². The molecule has 1 rings (SSSR count). The molecule has 0 aromatic heterocycles. The van der Waals surface area contributed by atoms with E-state index in [2.05, 4.69) is 9.50 Å². The number of anilines is 1. The number of rotatable bonds is 7. The molecule has 0 heterocycles. The van der Waals surface area contributed by atoms with Crippen molar-refractivity contribution in [3.63, 3.8) is 0 Å². The Morgan fingerprint density at radius 1 is 1.27 bits per heavy atom. The third-order valence-corrected chi connectivity index (χ3v) is 4.73.